The Balaban J connectivity index is 2.10. The van der Waals surface area contributed by atoms with Gasteiger partial charge in [-0.2, -0.15) is 0 Å². The van der Waals surface area contributed by atoms with Crippen molar-refractivity contribution < 1.29 is 8.42 Å². The fourth-order valence-electron chi connectivity index (χ4n) is 2.65. The van der Waals surface area contributed by atoms with Crippen molar-refractivity contribution in [2.75, 3.05) is 10.8 Å². The molecule has 118 valence electrons. The Labute approximate surface area is 139 Å². The van der Waals surface area contributed by atoms with Gasteiger partial charge in [0.15, 0.2) is 0 Å². The molecule has 2 aromatic carbocycles. The van der Waals surface area contributed by atoms with E-state index in [1.165, 1.54) is 22.5 Å². The van der Waals surface area contributed by atoms with Gasteiger partial charge in [-0.05, 0) is 48.2 Å². The maximum absolute atomic E-state index is 13.0. The van der Waals surface area contributed by atoms with Gasteiger partial charge in [0.05, 0.1) is 21.3 Å². The molecule has 0 N–H and O–H groups in total. The monoisotopic (exact) mass is 348 g/mol. The third kappa shape index (κ3) is 2.86. The van der Waals surface area contributed by atoms with E-state index in [0.29, 0.717) is 12.2 Å². The van der Waals surface area contributed by atoms with Gasteiger partial charge in [-0.25, -0.2) is 8.42 Å². The minimum absolute atomic E-state index is 0.0565. The first kappa shape index (κ1) is 15.7. The second-order valence-corrected chi connectivity index (χ2v) is 7.38. The highest BCUT2D eigenvalue weighted by Gasteiger charge is 2.29. The number of fused-ring (bicyclic) bond motifs is 1. The molecule has 2 aromatic rings. The number of nitrogens with zero attached hydrogens (tertiary/aromatic N) is 4. The summed E-state index contributed by atoms with van der Waals surface area (Å²) in [6, 6.07) is 11.6. The van der Waals surface area contributed by atoms with E-state index in [0.717, 1.165) is 18.4 Å². The van der Waals surface area contributed by atoms with Crippen molar-refractivity contribution in [1.82, 2.24) is 0 Å². The summed E-state index contributed by atoms with van der Waals surface area (Å²) in [6.07, 6.45) is 1.61. The van der Waals surface area contributed by atoms with Gasteiger partial charge in [-0.1, -0.05) is 34.9 Å². The smallest absolute Gasteiger partial charge is 0.264 e. The number of benzene rings is 2. The van der Waals surface area contributed by atoms with Crippen LogP contribution in [0.15, 0.2) is 52.5 Å². The average molecular weight is 349 g/mol. The predicted molar refractivity (Wildman–Crippen MR) is 89.6 cm³/mol. The van der Waals surface area contributed by atoms with Crippen molar-refractivity contribution in [2.24, 2.45) is 5.11 Å². The molecule has 0 fully saturated rings. The molecule has 0 spiro atoms. The predicted octanol–water partition coefficient (Wildman–Crippen LogP) is 4.42. The van der Waals surface area contributed by atoms with Crippen LogP contribution in [0.1, 0.15) is 12.0 Å². The SMILES string of the molecule is [N-]=[N+]=Nc1cc(S(=O)(=O)N2CCCc3ccccc32)ccc1Cl. The molecule has 1 aliphatic heterocycles. The summed E-state index contributed by atoms with van der Waals surface area (Å²) in [5.41, 5.74) is 10.4. The van der Waals surface area contributed by atoms with E-state index in [1.54, 1.807) is 6.07 Å². The fraction of sp³-hybridized carbons (Fsp3) is 0.200. The standard InChI is InChI=1S/C15H13ClN4O2S/c16-13-8-7-12(10-14(13)18-19-17)23(21,22)20-9-3-5-11-4-1-2-6-15(11)20/h1-2,4,6-8,10H,3,5,9H2. The van der Waals surface area contributed by atoms with Crippen LogP contribution in [-0.4, -0.2) is 15.0 Å². The van der Waals surface area contributed by atoms with Crippen molar-refractivity contribution in [3.8, 4) is 0 Å². The summed E-state index contributed by atoms with van der Waals surface area (Å²) in [5, 5.41) is 3.64. The van der Waals surface area contributed by atoms with E-state index < -0.39 is 10.0 Å². The molecule has 1 aliphatic rings. The molecule has 0 bridgehead atoms. The molecule has 23 heavy (non-hydrogen) atoms. The van der Waals surface area contributed by atoms with Crippen LogP contribution in [0.4, 0.5) is 11.4 Å². The first-order valence-corrected chi connectivity index (χ1v) is 8.81. The summed E-state index contributed by atoms with van der Waals surface area (Å²) >= 11 is 5.92. The van der Waals surface area contributed by atoms with Crippen LogP contribution >= 0.6 is 11.6 Å². The lowest BCUT2D eigenvalue weighted by atomic mass is 10.0. The molecule has 0 atom stereocenters. The number of anilines is 1. The van der Waals surface area contributed by atoms with Gasteiger partial charge < -0.3 is 0 Å². The van der Waals surface area contributed by atoms with E-state index in [1.807, 2.05) is 18.2 Å². The highest BCUT2D eigenvalue weighted by molar-refractivity contribution is 7.92. The molecule has 0 radical (unpaired) electrons. The number of sulfonamides is 1. The van der Waals surface area contributed by atoms with Crippen molar-refractivity contribution in [3.63, 3.8) is 0 Å². The molecular formula is C15H13ClN4O2S. The van der Waals surface area contributed by atoms with E-state index in [4.69, 9.17) is 17.1 Å². The normalized spacial score (nSPS) is 14.0. The van der Waals surface area contributed by atoms with Crippen molar-refractivity contribution in [1.29, 1.82) is 0 Å². The Morgan fingerprint density at radius 1 is 1.22 bits per heavy atom. The number of azide groups is 1. The van der Waals surface area contributed by atoms with E-state index in [2.05, 4.69) is 10.0 Å². The maximum atomic E-state index is 13.0. The molecular weight excluding hydrogens is 336 g/mol. The third-order valence-corrected chi connectivity index (χ3v) is 5.85. The van der Waals surface area contributed by atoms with Crippen LogP contribution in [0.25, 0.3) is 10.4 Å². The second kappa shape index (κ2) is 6.12. The number of halogens is 1. The van der Waals surface area contributed by atoms with E-state index in [-0.39, 0.29) is 15.6 Å². The lowest BCUT2D eigenvalue weighted by Crippen LogP contribution is -2.35. The van der Waals surface area contributed by atoms with Crippen LogP contribution < -0.4 is 4.31 Å². The number of hydrogen-bond donors (Lipinski definition) is 0. The van der Waals surface area contributed by atoms with Crippen LogP contribution in [0, 0.1) is 0 Å². The third-order valence-electron chi connectivity index (χ3n) is 3.73. The zero-order chi connectivity index (χ0) is 16.4. The van der Waals surface area contributed by atoms with Crippen molar-refractivity contribution in [2.45, 2.75) is 17.7 Å². The largest absolute Gasteiger partial charge is 0.266 e. The first-order valence-electron chi connectivity index (χ1n) is 6.99. The molecule has 0 unspecified atom stereocenters. The molecule has 0 amide bonds. The summed E-state index contributed by atoms with van der Waals surface area (Å²) in [6.45, 7) is 0.416. The van der Waals surface area contributed by atoms with Gasteiger partial charge in [0, 0.05) is 11.5 Å². The highest BCUT2D eigenvalue weighted by Crippen LogP contribution is 2.34. The first-order chi connectivity index (χ1) is 11.0. The number of rotatable bonds is 3. The molecule has 0 saturated carbocycles. The minimum atomic E-state index is -3.74. The number of para-hydroxylation sites is 1. The minimum Gasteiger partial charge on any atom is -0.266 e. The molecule has 0 aromatic heterocycles. The van der Waals surface area contributed by atoms with Gasteiger partial charge in [0.2, 0.25) is 0 Å². The maximum Gasteiger partial charge on any atom is 0.264 e. The Bertz CT molecular complexity index is 907. The Morgan fingerprint density at radius 3 is 2.78 bits per heavy atom. The molecule has 3 rings (SSSR count). The number of aryl methyl sites for hydroxylation is 1. The second-order valence-electron chi connectivity index (χ2n) is 5.11. The summed E-state index contributed by atoms with van der Waals surface area (Å²) in [5.74, 6) is 0. The van der Waals surface area contributed by atoms with E-state index in [9.17, 15) is 8.42 Å². The summed E-state index contributed by atoms with van der Waals surface area (Å²) in [4.78, 5) is 2.73. The van der Waals surface area contributed by atoms with Gasteiger partial charge in [0.1, 0.15) is 0 Å². The van der Waals surface area contributed by atoms with Crippen molar-refractivity contribution in [3.05, 3.63) is 63.5 Å². The Hall–Kier alpha value is -2.21. The average Bonchev–Trinajstić information content (AvgIpc) is 2.56. The fourth-order valence-corrected chi connectivity index (χ4v) is 4.37. The molecule has 8 heteroatoms. The van der Waals surface area contributed by atoms with Crippen molar-refractivity contribution >= 4 is 33.0 Å². The summed E-state index contributed by atoms with van der Waals surface area (Å²) < 4.78 is 27.3. The topological polar surface area (TPSA) is 86.1 Å². The molecule has 0 saturated heterocycles. The Kier molecular flexibility index (Phi) is 4.17. The van der Waals surface area contributed by atoms with Crippen LogP contribution in [0.2, 0.25) is 5.02 Å². The lowest BCUT2D eigenvalue weighted by molar-refractivity contribution is 0.586. The van der Waals surface area contributed by atoms with Gasteiger partial charge in [0.25, 0.3) is 10.0 Å². The van der Waals surface area contributed by atoms with Crippen LogP contribution in [0.3, 0.4) is 0 Å². The quantitative estimate of drug-likeness (QED) is 0.467. The van der Waals surface area contributed by atoms with Crippen LogP contribution in [0.5, 0.6) is 0 Å². The van der Waals surface area contributed by atoms with Gasteiger partial charge in [-0.3, -0.25) is 4.31 Å². The lowest BCUT2D eigenvalue weighted by Gasteiger charge is -2.30. The Morgan fingerprint density at radius 2 is 2.00 bits per heavy atom. The van der Waals surface area contributed by atoms with E-state index >= 15 is 0 Å². The summed E-state index contributed by atoms with van der Waals surface area (Å²) in [7, 11) is -3.74. The zero-order valence-corrected chi connectivity index (χ0v) is 13.6. The molecule has 0 aliphatic carbocycles. The molecule has 6 nitrogen and oxygen atoms in total. The number of hydrogen-bond acceptors (Lipinski definition) is 3. The van der Waals surface area contributed by atoms with Gasteiger partial charge >= 0.3 is 0 Å². The highest BCUT2D eigenvalue weighted by atomic mass is 35.5. The molecule has 1 heterocycles. The van der Waals surface area contributed by atoms with Crippen LogP contribution in [-0.2, 0) is 16.4 Å². The zero-order valence-electron chi connectivity index (χ0n) is 12.1. The van der Waals surface area contributed by atoms with Gasteiger partial charge in [-0.15, -0.1) is 0 Å².